The molecule has 0 spiro atoms. The minimum Gasteiger partial charge on any atom is -0.359 e. The van der Waals surface area contributed by atoms with Crippen LogP contribution in [0.25, 0.3) is 10.9 Å². The van der Waals surface area contributed by atoms with E-state index in [0.29, 0.717) is 11.2 Å². The van der Waals surface area contributed by atoms with Crippen molar-refractivity contribution in [2.24, 2.45) is 0 Å². The van der Waals surface area contributed by atoms with Crippen LogP contribution >= 0.6 is 0 Å². The smallest absolute Gasteiger partial charge is 0.270 e. The average molecular weight is 298 g/mol. The molecule has 0 radical (unpaired) electrons. The summed E-state index contributed by atoms with van der Waals surface area (Å²) in [6.45, 7) is -0.190. The normalized spacial score (nSPS) is 10.7. The lowest BCUT2D eigenvalue weighted by molar-refractivity contribution is -0.384. The summed E-state index contributed by atoms with van der Waals surface area (Å²) >= 11 is 0. The zero-order valence-corrected chi connectivity index (χ0v) is 11.2. The predicted octanol–water partition coefficient (Wildman–Crippen LogP) is 1.52. The molecule has 8 heteroatoms. The molecule has 0 atom stereocenters. The summed E-state index contributed by atoms with van der Waals surface area (Å²) in [6, 6.07) is 7.14. The van der Waals surface area contributed by atoms with Gasteiger partial charge >= 0.3 is 0 Å². The second-order valence-corrected chi connectivity index (χ2v) is 4.64. The van der Waals surface area contributed by atoms with E-state index in [1.165, 1.54) is 24.5 Å². The number of rotatable bonds is 4. The second-order valence-electron chi connectivity index (χ2n) is 4.64. The molecular formula is C14H10N4O4. The first-order valence-electron chi connectivity index (χ1n) is 6.36. The third kappa shape index (κ3) is 2.37. The standard InChI is InChI=1S/C14H10N4O4/c19-13(12-2-1-5-15-12)7-17-8-16-11-4-3-9(18(21)22)6-10(11)14(17)20/h1-6,8,15H,7H2. The Morgan fingerprint density at radius 1 is 1.36 bits per heavy atom. The average Bonchev–Trinajstić information content (AvgIpc) is 3.04. The van der Waals surface area contributed by atoms with Crippen molar-refractivity contribution in [1.82, 2.24) is 14.5 Å². The highest BCUT2D eigenvalue weighted by Gasteiger charge is 2.13. The Labute approximate surface area is 123 Å². The molecule has 3 aromatic rings. The number of nitro groups is 1. The SMILES string of the molecule is O=C(Cn1cnc2ccc([N+](=O)[O-])cc2c1=O)c1ccc[nH]1. The topological polar surface area (TPSA) is 111 Å². The maximum Gasteiger partial charge on any atom is 0.270 e. The van der Waals surface area contributed by atoms with E-state index in [1.54, 1.807) is 18.3 Å². The summed E-state index contributed by atoms with van der Waals surface area (Å²) in [4.78, 5) is 41.4. The van der Waals surface area contributed by atoms with Gasteiger partial charge in [-0.3, -0.25) is 24.3 Å². The van der Waals surface area contributed by atoms with Gasteiger partial charge in [0.25, 0.3) is 11.2 Å². The number of non-ortho nitro benzene ring substituents is 1. The highest BCUT2D eigenvalue weighted by molar-refractivity contribution is 5.94. The quantitative estimate of drug-likeness (QED) is 0.446. The number of carbonyl (C=O) groups is 1. The number of benzene rings is 1. The van der Waals surface area contributed by atoms with Crippen LogP contribution < -0.4 is 5.56 Å². The zero-order valence-electron chi connectivity index (χ0n) is 11.2. The van der Waals surface area contributed by atoms with Crippen molar-refractivity contribution >= 4 is 22.4 Å². The number of nitrogens with one attached hydrogen (secondary N) is 1. The maximum absolute atomic E-state index is 12.3. The summed E-state index contributed by atoms with van der Waals surface area (Å²) in [7, 11) is 0. The van der Waals surface area contributed by atoms with Crippen LogP contribution in [0.3, 0.4) is 0 Å². The summed E-state index contributed by atoms with van der Waals surface area (Å²) in [5.74, 6) is -0.279. The molecule has 0 unspecified atom stereocenters. The van der Waals surface area contributed by atoms with Crippen LogP contribution in [0.5, 0.6) is 0 Å². The number of hydrogen-bond donors (Lipinski definition) is 1. The number of H-pyrrole nitrogens is 1. The van der Waals surface area contributed by atoms with Gasteiger partial charge < -0.3 is 4.98 Å². The van der Waals surface area contributed by atoms with Gasteiger partial charge in [0, 0.05) is 18.3 Å². The third-order valence-electron chi connectivity index (χ3n) is 3.23. The summed E-state index contributed by atoms with van der Waals surface area (Å²) in [6.07, 6.45) is 2.87. The lowest BCUT2D eigenvalue weighted by Crippen LogP contribution is -2.24. The number of hydrogen-bond acceptors (Lipinski definition) is 5. The van der Waals surface area contributed by atoms with Gasteiger partial charge in [0.2, 0.25) is 0 Å². The largest absolute Gasteiger partial charge is 0.359 e. The lowest BCUT2D eigenvalue weighted by Gasteiger charge is -2.05. The van der Waals surface area contributed by atoms with Crippen LogP contribution in [-0.4, -0.2) is 25.2 Å². The Morgan fingerprint density at radius 2 is 2.18 bits per heavy atom. The maximum atomic E-state index is 12.3. The number of nitro benzene ring substituents is 1. The molecule has 2 aromatic heterocycles. The number of fused-ring (bicyclic) bond motifs is 1. The number of ketones is 1. The van der Waals surface area contributed by atoms with Gasteiger partial charge in [0.15, 0.2) is 5.78 Å². The minimum atomic E-state index is -0.583. The molecule has 110 valence electrons. The molecule has 1 aromatic carbocycles. The van der Waals surface area contributed by atoms with Crippen LogP contribution in [0.2, 0.25) is 0 Å². The highest BCUT2D eigenvalue weighted by Crippen LogP contribution is 2.16. The van der Waals surface area contributed by atoms with Crippen LogP contribution in [0, 0.1) is 10.1 Å². The number of aromatic amines is 1. The van der Waals surface area contributed by atoms with E-state index in [2.05, 4.69) is 9.97 Å². The number of aromatic nitrogens is 3. The fourth-order valence-corrected chi connectivity index (χ4v) is 2.12. The monoisotopic (exact) mass is 298 g/mol. The van der Waals surface area contributed by atoms with Crippen molar-refractivity contribution in [2.45, 2.75) is 6.54 Å². The van der Waals surface area contributed by atoms with Crippen molar-refractivity contribution in [3.8, 4) is 0 Å². The van der Waals surface area contributed by atoms with Crippen LogP contribution in [0.1, 0.15) is 10.5 Å². The Hall–Kier alpha value is -3.29. The molecule has 0 saturated carbocycles. The first-order chi connectivity index (χ1) is 10.6. The van der Waals surface area contributed by atoms with Crippen molar-refractivity contribution < 1.29 is 9.72 Å². The highest BCUT2D eigenvalue weighted by atomic mass is 16.6. The molecule has 0 aliphatic carbocycles. The molecule has 8 nitrogen and oxygen atoms in total. The fourth-order valence-electron chi connectivity index (χ4n) is 2.12. The predicted molar refractivity (Wildman–Crippen MR) is 77.8 cm³/mol. The lowest BCUT2D eigenvalue weighted by atomic mass is 10.2. The van der Waals surface area contributed by atoms with Crippen molar-refractivity contribution in [1.29, 1.82) is 0 Å². The van der Waals surface area contributed by atoms with Crippen LogP contribution in [0.15, 0.2) is 47.7 Å². The first kappa shape index (κ1) is 13.7. The van der Waals surface area contributed by atoms with Gasteiger partial charge in [0.05, 0.1) is 34.4 Å². The molecule has 0 aliphatic heterocycles. The fraction of sp³-hybridized carbons (Fsp3) is 0.0714. The minimum absolute atomic E-state index is 0.107. The van der Waals surface area contributed by atoms with Crippen molar-refractivity contribution in [3.05, 3.63) is 69.0 Å². The Bertz CT molecular complexity index is 928. The van der Waals surface area contributed by atoms with Crippen LogP contribution in [-0.2, 0) is 6.54 Å². The summed E-state index contributed by atoms with van der Waals surface area (Å²) in [5, 5.41) is 10.9. The molecule has 22 heavy (non-hydrogen) atoms. The number of Topliss-reactive ketones (excluding diaryl/α,β-unsaturated/α-hetero) is 1. The van der Waals surface area contributed by atoms with Gasteiger partial charge in [-0.1, -0.05) is 0 Å². The number of nitrogens with zero attached hydrogens (tertiary/aromatic N) is 3. The summed E-state index contributed by atoms with van der Waals surface area (Å²) < 4.78 is 1.13. The Balaban J connectivity index is 2.04. The Morgan fingerprint density at radius 3 is 2.86 bits per heavy atom. The molecule has 0 fully saturated rings. The van der Waals surface area contributed by atoms with E-state index in [-0.39, 0.29) is 23.4 Å². The molecule has 2 heterocycles. The molecule has 0 amide bonds. The van der Waals surface area contributed by atoms with E-state index in [0.717, 1.165) is 4.57 Å². The van der Waals surface area contributed by atoms with Gasteiger partial charge in [-0.05, 0) is 18.2 Å². The van der Waals surface area contributed by atoms with Gasteiger partial charge in [-0.25, -0.2) is 4.98 Å². The van der Waals surface area contributed by atoms with E-state index in [4.69, 9.17) is 0 Å². The number of carbonyl (C=O) groups excluding carboxylic acids is 1. The third-order valence-corrected chi connectivity index (χ3v) is 3.23. The zero-order chi connectivity index (χ0) is 15.7. The van der Waals surface area contributed by atoms with E-state index < -0.39 is 10.5 Å². The molecule has 0 bridgehead atoms. The second kappa shape index (κ2) is 5.24. The molecule has 0 saturated heterocycles. The van der Waals surface area contributed by atoms with Crippen molar-refractivity contribution in [2.75, 3.05) is 0 Å². The van der Waals surface area contributed by atoms with E-state index in [1.807, 2.05) is 0 Å². The molecule has 0 aliphatic rings. The molecule has 3 rings (SSSR count). The Kier molecular flexibility index (Phi) is 3.26. The molecule has 1 N–H and O–H groups in total. The molecular weight excluding hydrogens is 288 g/mol. The van der Waals surface area contributed by atoms with Crippen molar-refractivity contribution in [3.63, 3.8) is 0 Å². The van der Waals surface area contributed by atoms with Crippen LogP contribution in [0.4, 0.5) is 5.69 Å². The van der Waals surface area contributed by atoms with E-state index >= 15 is 0 Å². The van der Waals surface area contributed by atoms with Gasteiger partial charge in [-0.15, -0.1) is 0 Å². The summed E-state index contributed by atoms with van der Waals surface area (Å²) in [5.41, 5.74) is 0.0404. The van der Waals surface area contributed by atoms with Gasteiger partial charge in [0.1, 0.15) is 0 Å². The first-order valence-corrected chi connectivity index (χ1v) is 6.36. The van der Waals surface area contributed by atoms with E-state index in [9.17, 15) is 19.7 Å². The van der Waals surface area contributed by atoms with Gasteiger partial charge in [-0.2, -0.15) is 0 Å².